The molecule has 5 aliphatic rings. The highest BCUT2D eigenvalue weighted by Gasteiger charge is 2.59. The van der Waals surface area contributed by atoms with Gasteiger partial charge in [0.25, 0.3) is 5.91 Å². The standard InChI is InChI=1S/C25H36N6O2/c1-30(2)23(32)21-11-17-15-26-24(29-22(17)31(21)25-12-16(13-25)14-25)28-19-5-3-18(4-6-19)27-20-7-9-33-10-8-20/h11,15-16,18-20,27H,3-10,12-14H2,1-2H3,(H,26,28,29)/t16?,18-,19-,25?. The van der Waals surface area contributed by atoms with Gasteiger partial charge in [-0.2, -0.15) is 4.98 Å². The average molecular weight is 453 g/mol. The monoisotopic (exact) mass is 452 g/mol. The molecule has 4 saturated carbocycles. The molecule has 178 valence electrons. The molecule has 1 saturated heterocycles. The number of anilines is 1. The largest absolute Gasteiger partial charge is 0.381 e. The number of nitrogens with zero attached hydrogens (tertiary/aromatic N) is 4. The van der Waals surface area contributed by atoms with Gasteiger partial charge in [0.05, 0.1) is 0 Å². The highest BCUT2D eigenvalue weighted by Crippen LogP contribution is 2.63. The van der Waals surface area contributed by atoms with Crippen LogP contribution in [0.4, 0.5) is 5.95 Å². The Morgan fingerprint density at radius 3 is 2.36 bits per heavy atom. The summed E-state index contributed by atoms with van der Waals surface area (Å²) >= 11 is 0. The van der Waals surface area contributed by atoms with E-state index in [0.717, 1.165) is 61.5 Å². The third-order valence-electron chi connectivity index (χ3n) is 8.40. The Morgan fingerprint density at radius 1 is 1.06 bits per heavy atom. The molecular formula is C25H36N6O2. The van der Waals surface area contributed by atoms with Crippen molar-refractivity contribution in [1.82, 2.24) is 24.8 Å². The number of hydrogen-bond donors (Lipinski definition) is 2. The second-order valence-electron chi connectivity index (χ2n) is 11.0. The molecule has 0 radical (unpaired) electrons. The van der Waals surface area contributed by atoms with Gasteiger partial charge < -0.3 is 24.8 Å². The molecule has 0 aromatic carbocycles. The first-order valence-corrected chi connectivity index (χ1v) is 12.7. The number of hydrogen-bond acceptors (Lipinski definition) is 6. The van der Waals surface area contributed by atoms with Crippen molar-refractivity contribution in [3.63, 3.8) is 0 Å². The lowest BCUT2D eigenvalue weighted by atomic mass is 9.49. The van der Waals surface area contributed by atoms with Crippen LogP contribution in [0.2, 0.25) is 0 Å². The van der Waals surface area contributed by atoms with E-state index in [9.17, 15) is 4.79 Å². The van der Waals surface area contributed by atoms with Gasteiger partial charge in [0.1, 0.15) is 11.3 Å². The maximum absolute atomic E-state index is 12.9. The van der Waals surface area contributed by atoms with E-state index in [2.05, 4.69) is 20.2 Å². The third-order valence-corrected chi connectivity index (χ3v) is 8.40. The van der Waals surface area contributed by atoms with Crippen molar-refractivity contribution >= 4 is 22.9 Å². The van der Waals surface area contributed by atoms with Crippen molar-refractivity contribution in [2.75, 3.05) is 32.6 Å². The number of aromatic nitrogens is 3. The minimum Gasteiger partial charge on any atom is -0.381 e. The van der Waals surface area contributed by atoms with Crippen molar-refractivity contribution in [3.05, 3.63) is 18.0 Å². The predicted octanol–water partition coefficient (Wildman–Crippen LogP) is 3.13. The van der Waals surface area contributed by atoms with E-state index >= 15 is 0 Å². The Bertz CT molecular complexity index is 1020. The minimum absolute atomic E-state index is 0.0441. The molecule has 0 atom stereocenters. The number of ether oxygens (including phenoxy) is 1. The molecule has 3 heterocycles. The zero-order chi connectivity index (χ0) is 22.6. The van der Waals surface area contributed by atoms with E-state index < -0.39 is 0 Å². The van der Waals surface area contributed by atoms with Crippen LogP contribution < -0.4 is 10.6 Å². The van der Waals surface area contributed by atoms with Gasteiger partial charge in [0.2, 0.25) is 5.95 Å². The van der Waals surface area contributed by atoms with E-state index in [0.29, 0.717) is 24.1 Å². The first-order chi connectivity index (χ1) is 16.0. The highest BCUT2D eigenvalue weighted by molar-refractivity contribution is 5.98. The molecule has 33 heavy (non-hydrogen) atoms. The molecular weight excluding hydrogens is 416 g/mol. The van der Waals surface area contributed by atoms with E-state index in [1.165, 1.54) is 32.1 Å². The van der Waals surface area contributed by atoms with Crippen molar-refractivity contribution in [2.45, 2.75) is 81.5 Å². The number of nitrogens with one attached hydrogen (secondary N) is 2. The van der Waals surface area contributed by atoms with Crippen LogP contribution in [0, 0.1) is 5.92 Å². The summed E-state index contributed by atoms with van der Waals surface area (Å²) in [5, 5.41) is 8.42. The summed E-state index contributed by atoms with van der Waals surface area (Å²) in [6.45, 7) is 1.78. The smallest absolute Gasteiger partial charge is 0.270 e. The molecule has 8 nitrogen and oxygen atoms in total. The molecule has 0 spiro atoms. The van der Waals surface area contributed by atoms with Gasteiger partial charge in [0.15, 0.2) is 0 Å². The summed E-state index contributed by atoms with van der Waals surface area (Å²) < 4.78 is 7.73. The molecule has 4 aliphatic carbocycles. The Labute approximate surface area is 195 Å². The van der Waals surface area contributed by atoms with Crippen LogP contribution in [-0.4, -0.2) is 70.8 Å². The van der Waals surface area contributed by atoms with Gasteiger partial charge in [-0.05, 0) is 69.8 Å². The van der Waals surface area contributed by atoms with E-state index in [1.54, 1.807) is 4.90 Å². The molecule has 2 N–H and O–H groups in total. The lowest BCUT2D eigenvalue weighted by Crippen LogP contribution is -2.60. The van der Waals surface area contributed by atoms with Crippen LogP contribution in [0.5, 0.6) is 0 Å². The Kier molecular flexibility index (Phi) is 5.33. The van der Waals surface area contributed by atoms with Crippen LogP contribution >= 0.6 is 0 Å². The van der Waals surface area contributed by atoms with Gasteiger partial charge >= 0.3 is 0 Å². The Hall–Kier alpha value is -2.19. The van der Waals surface area contributed by atoms with Crippen LogP contribution in [0.25, 0.3) is 11.0 Å². The van der Waals surface area contributed by atoms with Crippen LogP contribution in [0.15, 0.2) is 12.3 Å². The van der Waals surface area contributed by atoms with Gasteiger partial charge in [0, 0.05) is 62.6 Å². The molecule has 5 fully saturated rings. The quantitative estimate of drug-likeness (QED) is 0.701. The van der Waals surface area contributed by atoms with Crippen LogP contribution in [0.1, 0.15) is 68.3 Å². The van der Waals surface area contributed by atoms with E-state index in [-0.39, 0.29) is 11.4 Å². The molecule has 1 aliphatic heterocycles. The topological polar surface area (TPSA) is 84.3 Å². The SMILES string of the molecule is CN(C)C(=O)c1cc2cnc(N[C@H]3CC[C@H](NC4CCOCC4)CC3)nc2n1C12CC(C1)C2. The lowest BCUT2D eigenvalue weighted by Gasteiger charge is -2.62. The lowest BCUT2D eigenvalue weighted by molar-refractivity contribution is -0.0870. The number of carbonyl (C=O) groups is 1. The normalized spacial score (nSPS) is 31.6. The van der Waals surface area contributed by atoms with Crippen molar-refractivity contribution < 1.29 is 9.53 Å². The van der Waals surface area contributed by atoms with E-state index in [4.69, 9.17) is 9.72 Å². The molecule has 2 bridgehead atoms. The summed E-state index contributed by atoms with van der Waals surface area (Å²) in [7, 11) is 3.64. The highest BCUT2D eigenvalue weighted by atomic mass is 16.5. The van der Waals surface area contributed by atoms with Gasteiger partial charge in [-0.1, -0.05) is 0 Å². The third kappa shape index (κ3) is 3.81. The number of amides is 1. The summed E-state index contributed by atoms with van der Waals surface area (Å²) in [6, 6.07) is 3.60. The second kappa shape index (κ2) is 8.24. The Balaban J connectivity index is 1.17. The number of carbonyl (C=O) groups excluding carboxylic acids is 1. The molecule has 1 amide bonds. The molecule has 0 unspecified atom stereocenters. The summed E-state index contributed by atoms with van der Waals surface area (Å²) in [4.78, 5) is 24.2. The summed E-state index contributed by atoms with van der Waals surface area (Å²) in [6.07, 6.45) is 12.3. The van der Waals surface area contributed by atoms with Crippen molar-refractivity contribution in [3.8, 4) is 0 Å². The number of fused-ring (bicyclic) bond motifs is 1. The molecule has 7 rings (SSSR count). The van der Waals surface area contributed by atoms with Crippen LogP contribution in [-0.2, 0) is 10.3 Å². The van der Waals surface area contributed by atoms with Crippen molar-refractivity contribution in [1.29, 1.82) is 0 Å². The molecule has 2 aromatic rings. The minimum atomic E-state index is 0.0441. The predicted molar refractivity (Wildman–Crippen MR) is 128 cm³/mol. The zero-order valence-corrected chi connectivity index (χ0v) is 19.8. The fraction of sp³-hybridized carbons (Fsp3) is 0.720. The second-order valence-corrected chi connectivity index (χ2v) is 11.0. The molecule has 8 heteroatoms. The summed E-state index contributed by atoms with van der Waals surface area (Å²) in [5.41, 5.74) is 1.75. The maximum atomic E-state index is 12.9. The van der Waals surface area contributed by atoms with E-state index in [1.807, 2.05) is 26.4 Å². The number of rotatable bonds is 6. The fourth-order valence-corrected chi connectivity index (χ4v) is 6.42. The fourth-order valence-electron chi connectivity index (χ4n) is 6.42. The van der Waals surface area contributed by atoms with Gasteiger partial charge in [-0.15, -0.1) is 0 Å². The Morgan fingerprint density at radius 2 is 1.73 bits per heavy atom. The van der Waals surface area contributed by atoms with Gasteiger partial charge in [-0.3, -0.25) is 4.79 Å². The zero-order valence-electron chi connectivity index (χ0n) is 19.8. The first kappa shape index (κ1) is 21.4. The average Bonchev–Trinajstić information content (AvgIpc) is 3.12. The molecule has 2 aromatic heterocycles. The van der Waals surface area contributed by atoms with Crippen molar-refractivity contribution in [2.24, 2.45) is 5.92 Å². The maximum Gasteiger partial charge on any atom is 0.270 e. The van der Waals surface area contributed by atoms with Crippen LogP contribution in [0.3, 0.4) is 0 Å². The summed E-state index contributed by atoms with van der Waals surface area (Å²) in [5.74, 6) is 1.56. The van der Waals surface area contributed by atoms with Gasteiger partial charge in [-0.25, -0.2) is 4.98 Å². The first-order valence-electron chi connectivity index (χ1n) is 12.7.